The van der Waals surface area contributed by atoms with Gasteiger partial charge >= 0.3 is 11.9 Å². The Morgan fingerprint density at radius 1 is 1.06 bits per heavy atom. The lowest BCUT2D eigenvalue weighted by molar-refractivity contribution is -0.186. The third-order valence-electron chi connectivity index (χ3n) is 2.04. The van der Waals surface area contributed by atoms with Crippen molar-refractivity contribution < 1.29 is 19.1 Å². The second-order valence-corrected chi connectivity index (χ2v) is 4.11. The van der Waals surface area contributed by atoms with Crippen LogP contribution in [0.4, 0.5) is 0 Å². The van der Waals surface area contributed by atoms with E-state index in [1.165, 1.54) is 0 Å². The fraction of sp³-hybridized carbons (Fsp3) is 0.833. The standard InChI is InChI=1S/C12H22O4/c1-5-6-7-8-11(13)15-10(4)16-12(14)9(2)3/h9-10H,5-8H2,1-4H3. The van der Waals surface area contributed by atoms with E-state index >= 15 is 0 Å². The van der Waals surface area contributed by atoms with Crippen molar-refractivity contribution in [2.75, 3.05) is 0 Å². The van der Waals surface area contributed by atoms with Gasteiger partial charge in [-0.25, -0.2) is 0 Å². The number of carbonyl (C=O) groups excluding carboxylic acids is 2. The molecule has 0 aliphatic heterocycles. The Balaban J connectivity index is 3.73. The molecule has 4 nitrogen and oxygen atoms in total. The topological polar surface area (TPSA) is 52.6 Å². The molecule has 0 aromatic carbocycles. The molecule has 94 valence electrons. The minimum Gasteiger partial charge on any atom is -0.425 e. The van der Waals surface area contributed by atoms with Gasteiger partial charge in [-0.15, -0.1) is 0 Å². The lowest BCUT2D eigenvalue weighted by atomic mass is 10.2. The molecular weight excluding hydrogens is 208 g/mol. The number of rotatable bonds is 7. The van der Waals surface area contributed by atoms with Crippen LogP contribution < -0.4 is 0 Å². The molecule has 0 amide bonds. The summed E-state index contributed by atoms with van der Waals surface area (Å²) in [6, 6.07) is 0. The van der Waals surface area contributed by atoms with Crippen molar-refractivity contribution in [2.45, 2.75) is 59.7 Å². The van der Waals surface area contributed by atoms with E-state index in [0.717, 1.165) is 19.3 Å². The van der Waals surface area contributed by atoms with Crippen molar-refractivity contribution in [3.63, 3.8) is 0 Å². The summed E-state index contributed by atoms with van der Waals surface area (Å²) in [5, 5.41) is 0. The molecule has 0 saturated carbocycles. The van der Waals surface area contributed by atoms with E-state index in [4.69, 9.17) is 9.47 Å². The average Bonchev–Trinajstić information content (AvgIpc) is 2.17. The zero-order valence-corrected chi connectivity index (χ0v) is 10.6. The van der Waals surface area contributed by atoms with E-state index < -0.39 is 6.29 Å². The highest BCUT2D eigenvalue weighted by molar-refractivity contribution is 5.72. The van der Waals surface area contributed by atoms with Gasteiger partial charge in [-0.05, 0) is 6.42 Å². The van der Waals surface area contributed by atoms with Crippen molar-refractivity contribution in [3.05, 3.63) is 0 Å². The number of esters is 2. The number of hydrogen-bond donors (Lipinski definition) is 0. The monoisotopic (exact) mass is 230 g/mol. The van der Waals surface area contributed by atoms with Crippen LogP contribution in [0.1, 0.15) is 53.4 Å². The lowest BCUT2D eigenvalue weighted by Crippen LogP contribution is -2.24. The first-order valence-corrected chi connectivity index (χ1v) is 5.87. The molecule has 0 aliphatic carbocycles. The van der Waals surface area contributed by atoms with Gasteiger partial charge in [0.05, 0.1) is 5.92 Å². The maximum Gasteiger partial charge on any atom is 0.311 e. The fourth-order valence-corrected chi connectivity index (χ4v) is 1.09. The Morgan fingerprint density at radius 2 is 1.69 bits per heavy atom. The van der Waals surface area contributed by atoms with Crippen LogP contribution in [0, 0.1) is 5.92 Å². The minimum atomic E-state index is -0.788. The summed E-state index contributed by atoms with van der Waals surface area (Å²) >= 11 is 0. The Bertz CT molecular complexity index is 223. The molecule has 0 saturated heterocycles. The first kappa shape index (κ1) is 14.9. The van der Waals surface area contributed by atoms with Gasteiger partial charge < -0.3 is 9.47 Å². The highest BCUT2D eigenvalue weighted by Crippen LogP contribution is 2.05. The van der Waals surface area contributed by atoms with Gasteiger partial charge in [-0.2, -0.15) is 0 Å². The van der Waals surface area contributed by atoms with Crippen LogP contribution in [-0.4, -0.2) is 18.2 Å². The van der Waals surface area contributed by atoms with Gasteiger partial charge in [0.2, 0.25) is 6.29 Å². The number of unbranched alkanes of at least 4 members (excludes halogenated alkanes) is 2. The molecule has 0 rings (SSSR count). The summed E-state index contributed by atoms with van der Waals surface area (Å²) in [6.45, 7) is 7.09. The van der Waals surface area contributed by atoms with Crippen LogP contribution in [0.15, 0.2) is 0 Å². The van der Waals surface area contributed by atoms with Crippen molar-refractivity contribution in [1.29, 1.82) is 0 Å². The molecule has 1 unspecified atom stereocenters. The molecular formula is C12H22O4. The molecule has 0 aromatic rings. The summed E-state index contributed by atoms with van der Waals surface area (Å²) < 4.78 is 9.84. The Labute approximate surface area is 97.3 Å². The van der Waals surface area contributed by atoms with Crippen LogP contribution in [0.2, 0.25) is 0 Å². The van der Waals surface area contributed by atoms with Crippen LogP contribution in [-0.2, 0) is 19.1 Å². The summed E-state index contributed by atoms with van der Waals surface area (Å²) in [7, 11) is 0. The van der Waals surface area contributed by atoms with E-state index in [1.807, 2.05) is 0 Å². The van der Waals surface area contributed by atoms with Crippen LogP contribution in [0.5, 0.6) is 0 Å². The van der Waals surface area contributed by atoms with Gasteiger partial charge in [0, 0.05) is 13.3 Å². The second-order valence-electron chi connectivity index (χ2n) is 4.11. The molecule has 1 atom stereocenters. The summed E-state index contributed by atoms with van der Waals surface area (Å²) in [6.07, 6.45) is 2.49. The third kappa shape index (κ3) is 7.26. The molecule has 0 N–H and O–H groups in total. The fourth-order valence-electron chi connectivity index (χ4n) is 1.09. The molecule has 0 radical (unpaired) electrons. The number of ether oxygens (including phenoxy) is 2. The van der Waals surface area contributed by atoms with E-state index in [9.17, 15) is 9.59 Å². The zero-order valence-electron chi connectivity index (χ0n) is 10.6. The maximum atomic E-state index is 11.3. The van der Waals surface area contributed by atoms with Crippen LogP contribution in [0.25, 0.3) is 0 Å². The van der Waals surface area contributed by atoms with E-state index in [1.54, 1.807) is 20.8 Å². The molecule has 0 bridgehead atoms. The average molecular weight is 230 g/mol. The minimum absolute atomic E-state index is 0.207. The van der Waals surface area contributed by atoms with Crippen molar-refractivity contribution >= 4 is 11.9 Å². The first-order valence-electron chi connectivity index (χ1n) is 5.87. The van der Waals surface area contributed by atoms with Crippen LogP contribution in [0.3, 0.4) is 0 Å². The number of hydrogen-bond acceptors (Lipinski definition) is 4. The molecule has 0 aromatic heterocycles. The third-order valence-corrected chi connectivity index (χ3v) is 2.04. The van der Waals surface area contributed by atoms with E-state index in [0.29, 0.717) is 6.42 Å². The normalized spacial score (nSPS) is 12.3. The maximum absolute atomic E-state index is 11.3. The largest absolute Gasteiger partial charge is 0.425 e. The quantitative estimate of drug-likeness (QED) is 0.383. The SMILES string of the molecule is CCCCCC(=O)OC(C)OC(=O)C(C)C. The molecule has 0 spiro atoms. The zero-order chi connectivity index (χ0) is 12.6. The summed E-state index contributed by atoms with van der Waals surface area (Å²) in [5.74, 6) is -0.868. The molecule has 16 heavy (non-hydrogen) atoms. The second kappa shape index (κ2) is 8.13. The van der Waals surface area contributed by atoms with E-state index in [-0.39, 0.29) is 17.9 Å². The van der Waals surface area contributed by atoms with Crippen molar-refractivity contribution in [3.8, 4) is 0 Å². The Hall–Kier alpha value is -1.06. The Morgan fingerprint density at radius 3 is 2.19 bits per heavy atom. The predicted octanol–water partition coefficient (Wildman–Crippen LogP) is 2.66. The molecule has 0 fully saturated rings. The molecule has 4 heteroatoms. The van der Waals surface area contributed by atoms with Gasteiger partial charge in [-0.3, -0.25) is 9.59 Å². The highest BCUT2D eigenvalue weighted by atomic mass is 16.7. The van der Waals surface area contributed by atoms with Crippen molar-refractivity contribution in [2.24, 2.45) is 5.92 Å². The lowest BCUT2D eigenvalue weighted by Gasteiger charge is -2.15. The van der Waals surface area contributed by atoms with Gasteiger partial charge in [0.25, 0.3) is 0 Å². The molecule has 0 heterocycles. The summed E-state index contributed by atoms with van der Waals surface area (Å²) in [5.41, 5.74) is 0. The van der Waals surface area contributed by atoms with Gasteiger partial charge in [0.1, 0.15) is 0 Å². The van der Waals surface area contributed by atoms with Crippen LogP contribution >= 0.6 is 0 Å². The first-order chi connectivity index (χ1) is 7.47. The molecule has 0 aliphatic rings. The van der Waals surface area contributed by atoms with Gasteiger partial charge in [-0.1, -0.05) is 33.6 Å². The Kier molecular flexibility index (Phi) is 7.60. The predicted molar refractivity (Wildman–Crippen MR) is 60.6 cm³/mol. The summed E-state index contributed by atoms with van der Waals surface area (Å²) in [4.78, 5) is 22.4. The smallest absolute Gasteiger partial charge is 0.311 e. The number of carbonyl (C=O) groups is 2. The highest BCUT2D eigenvalue weighted by Gasteiger charge is 2.15. The van der Waals surface area contributed by atoms with Crippen molar-refractivity contribution in [1.82, 2.24) is 0 Å². The van der Waals surface area contributed by atoms with E-state index in [2.05, 4.69) is 6.92 Å². The van der Waals surface area contributed by atoms with Gasteiger partial charge in [0.15, 0.2) is 0 Å².